The summed E-state index contributed by atoms with van der Waals surface area (Å²) in [5, 5.41) is 1.07. The van der Waals surface area contributed by atoms with Crippen LogP contribution in [0.5, 0.6) is 0 Å². The molecule has 2 heterocycles. The highest BCUT2D eigenvalue weighted by atomic mass is 32.2. The Kier molecular flexibility index (Phi) is 6.10. The van der Waals surface area contributed by atoms with Gasteiger partial charge in [0.15, 0.2) is 0 Å². The first-order chi connectivity index (χ1) is 16.4. The number of amides is 1. The van der Waals surface area contributed by atoms with E-state index in [-0.39, 0.29) is 16.7 Å². The van der Waals surface area contributed by atoms with Gasteiger partial charge in [-0.15, -0.1) is 11.3 Å². The predicted octanol–water partition coefficient (Wildman–Crippen LogP) is 5.14. The van der Waals surface area contributed by atoms with Crippen molar-refractivity contribution in [3.63, 3.8) is 0 Å². The summed E-state index contributed by atoms with van der Waals surface area (Å²) in [5.74, 6) is 0.139. The van der Waals surface area contributed by atoms with Crippen molar-refractivity contribution >= 4 is 43.2 Å². The lowest BCUT2D eigenvalue weighted by Crippen LogP contribution is -2.39. The number of sulfonamides is 1. The number of thiazole rings is 1. The highest BCUT2D eigenvalue weighted by Crippen LogP contribution is 2.33. The number of hydrogen-bond donors (Lipinski definition) is 0. The summed E-state index contributed by atoms with van der Waals surface area (Å²) in [7, 11) is -2.19. The van der Waals surface area contributed by atoms with Gasteiger partial charge in [0.25, 0.3) is 15.9 Å². The third kappa shape index (κ3) is 4.31. The Balaban J connectivity index is 1.31. The van der Waals surface area contributed by atoms with Crippen molar-refractivity contribution in [2.75, 3.05) is 24.4 Å². The lowest BCUT2D eigenvalue weighted by Gasteiger charge is -2.32. The van der Waals surface area contributed by atoms with Crippen molar-refractivity contribution in [3.8, 4) is 0 Å². The van der Waals surface area contributed by atoms with Crippen molar-refractivity contribution in [1.29, 1.82) is 0 Å². The first-order valence-corrected chi connectivity index (χ1v) is 13.5. The van der Waals surface area contributed by atoms with Crippen LogP contribution in [0.3, 0.4) is 0 Å². The largest absolute Gasteiger partial charge is 0.338 e. The number of carbonyl (C=O) groups excluding carboxylic acids is 1. The number of likely N-dealkylation sites (tertiary alicyclic amines) is 1. The van der Waals surface area contributed by atoms with E-state index in [0.717, 1.165) is 23.4 Å². The molecule has 34 heavy (non-hydrogen) atoms. The molecule has 0 bridgehead atoms. The summed E-state index contributed by atoms with van der Waals surface area (Å²) < 4.78 is 28.4. The van der Waals surface area contributed by atoms with Crippen molar-refractivity contribution in [2.45, 2.75) is 23.7 Å². The van der Waals surface area contributed by atoms with Gasteiger partial charge < -0.3 is 4.90 Å². The van der Waals surface area contributed by atoms with Crippen molar-refractivity contribution in [2.24, 2.45) is 0 Å². The Bertz CT molecular complexity index is 1380. The van der Waals surface area contributed by atoms with Gasteiger partial charge in [-0.3, -0.25) is 9.10 Å². The second-order valence-electron chi connectivity index (χ2n) is 8.44. The topological polar surface area (TPSA) is 70.6 Å². The number of aromatic nitrogens is 1. The Morgan fingerprint density at radius 3 is 2.44 bits per heavy atom. The fourth-order valence-electron chi connectivity index (χ4n) is 4.31. The SMILES string of the molecule is CN(c1ccccc1)S(=O)(=O)c1ccc(C(=O)N2CCCC(c3nc4ccccc4s3)C2)cc1. The molecule has 0 saturated carbocycles. The molecular weight excluding hydrogens is 466 g/mol. The van der Waals surface area contributed by atoms with E-state index < -0.39 is 10.0 Å². The van der Waals surface area contributed by atoms with Gasteiger partial charge in [-0.05, 0) is 61.4 Å². The van der Waals surface area contributed by atoms with Crippen LogP contribution in [-0.2, 0) is 10.0 Å². The molecule has 1 saturated heterocycles. The number of benzene rings is 3. The zero-order chi connectivity index (χ0) is 23.7. The van der Waals surface area contributed by atoms with Gasteiger partial charge in [0.2, 0.25) is 0 Å². The second-order valence-corrected chi connectivity index (χ2v) is 11.5. The number of para-hydroxylation sites is 2. The summed E-state index contributed by atoms with van der Waals surface area (Å²) >= 11 is 1.70. The van der Waals surface area contributed by atoms with Crippen LogP contribution in [0.4, 0.5) is 5.69 Å². The molecule has 174 valence electrons. The molecule has 1 fully saturated rings. The van der Waals surface area contributed by atoms with Gasteiger partial charge in [-0.1, -0.05) is 30.3 Å². The van der Waals surface area contributed by atoms with Gasteiger partial charge >= 0.3 is 0 Å². The van der Waals surface area contributed by atoms with E-state index in [9.17, 15) is 13.2 Å². The smallest absolute Gasteiger partial charge is 0.264 e. The molecular formula is C26H25N3O3S2. The van der Waals surface area contributed by atoms with E-state index in [1.54, 1.807) is 47.7 Å². The van der Waals surface area contributed by atoms with Crippen LogP contribution in [0, 0.1) is 0 Å². The van der Waals surface area contributed by atoms with E-state index in [4.69, 9.17) is 4.98 Å². The number of carbonyl (C=O) groups is 1. The molecule has 1 aliphatic heterocycles. The Labute approximate surface area is 203 Å². The molecule has 0 aliphatic carbocycles. The Morgan fingerprint density at radius 1 is 1.00 bits per heavy atom. The first kappa shape index (κ1) is 22.6. The summed E-state index contributed by atoms with van der Waals surface area (Å²) in [6, 6.07) is 23.3. The average Bonchev–Trinajstić information content (AvgIpc) is 3.33. The van der Waals surface area contributed by atoms with Crippen molar-refractivity contribution < 1.29 is 13.2 Å². The van der Waals surface area contributed by atoms with Crippen LogP contribution in [0.15, 0.2) is 83.8 Å². The fraction of sp³-hybridized carbons (Fsp3) is 0.231. The van der Waals surface area contributed by atoms with Crippen LogP contribution in [0.2, 0.25) is 0 Å². The van der Waals surface area contributed by atoms with Crippen LogP contribution >= 0.6 is 11.3 Å². The predicted molar refractivity (Wildman–Crippen MR) is 136 cm³/mol. The molecule has 1 unspecified atom stereocenters. The molecule has 3 aromatic carbocycles. The standard InChI is InChI=1S/C26H25N3O3S2/c1-28(21-9-3-2-4-10-21)34(31,32)22-15-13-19(14-16-22)26(30)29-17-7-8-20(18-29)25-27-23-11-5-6-12-24(23)33-25/h2-6,9-16,20H,7-8,17-18H2,1H3. The van der Waals surface area contributed by atoms with Crippen LogP contribution in [0.1, 0.15) is 34.1 Å². The zero-order valence-electron chi connectivity index (χ0n) is 18.8. The van der Waals surface area contributed by atoms with Crippen LogP contribution in [0.25, 0.3) is 10.2 Å². The van der Waals surface area contributed by atoms with Crippen molar-refractivity contribution in [3.05, 3.63) is 89.4 Å². The van der Waals surface area contributed by atoms with Crippen LogP contribution < -0.4 is 4.31 Å². The summed E-state index contributed by atoms with van der Waals surface area (Å²) in [4.78, 5) is 20.0. The monoisotopic (exact) mass is 491 g/mol. The Morgan fingerprint density at radius 2 is 1.71 bits per heavy atom. The molecule has 0 spiro atoms. The number of rotatable bonds is 5. The minimum absolute atomic E-state index is 0.0776. The summed E-state index contributed by atoms with van der Waals surface area (Å²) in [5.41, 5.74) is 2.08. The molecule has 0 N–H and O–H groups in total. The van der Waals surface area contributed by atoms with Crippen molar-refractivity contribution in [1.82, 2.24) is 9.88 Å². The number of nitrogens with zero attached hydrogens (tertiary/aromatic N) is 3. The van der Waals surface area contributed by atoms with E-state index in [0.29, 0.717) is 24.3 Å². The minimum atomic E-state index is -3.72. The number of fused-ring (bicyclic) bond motifs is 1. The average molecular weight is 492 g/mol. The number of anilines is 1. The highest BCUT2D eigenvalue weighted by molar-refractivity contribution is 7.92. The minimum Gasteiger partial charge on any atom is -0.338 e. The molecule has 1 amide bonds. The first-order valence-electron chi connectivity index (χ1n) is 11.2. The van der Waals surface area contributed by atoms with Gasteiger partial charge in [-0.2, -0.15) is 0 Å². The van der Waals surface area contributed by atoms with Gasteiger partial charge in [-0.25, -0.2) is 13.4 Å². The third-order valence-electron chi connectivity index (χ3n) is 6.25. The molecule has 1 aliphatic rings. The number of piperidine rings is 1. The van der Waals surface area contributed by atoms with E-state index in [2.05, 4.69) is 6.07 Å². The zero-order valence-corrected chi connectivity index (χ0v) is 20.4. The molecule has 1 atom stereocenters. The van der Waals surface area contributed by atoms with Gasteiger partial charge in [0.05, 0.1) is 25.8 Å². The lowest BCUT2D eigenvalue weighted by atomic mass is 9.98. The summed E-state index contributed by atoms with van der Waals surface area (Å²) in [6.45, 7) is 1.31. The van der Waals surface area contributed by atoms with E-state index >= 15 is 0 Å². The molecule has 5 rings (SSSR count). The maximum atomic E-state index is 13.2. The molecule has 0 radical (unpaired) electrons. The molecule has 4 aromatic rings. The molecule has 6 nitrogen and oxygen atoms in total. The van der Waals surface area contributed by atoms with Crippen LogP contribution in [-0.4, -0.2) is 44.3 Å². The molecule has 8 heteroatoms. The molecule has 1 aromatic heterocycles. The van der Waals surface area contributed by atoms with Gasteiger partial charge in [0.1, 0.15) is 0 Å². The second kappa shape index (κ2) is 9.19. The van der Waals surface area contributed by atoms with E-state index in [1.165, 1.54) is 28.2 Å². The quantitative estimate of drug-likeness (QED) is 0.388. The maximum Gasteiger partial charge on any atom is 0.264 e. The number of hydrogen-bond acceptors (Lipinski definition) is 5. The lowest BCUT2D eigenvalue weighted by molar-refractivity contribution is 0.0707. The summed E-state index contributed by atoms with van der Waals surface area (Å²) in [6.07, 6.45) is 1.92. The van der Waals surface area contributed by atoms with E-state index in [1.807, 2.05) is 29.2 Å². The Hall–Kier alpha value is -3.23. The maximum absolute atomic E-state index is 13.2. The highest BCUT2D eigenvalue weighted by Gasteiger charge is 2.28. The van der Waals surface area contributed by atoms with Gasteiger partial charge in [0, 0.05) is 31.6 Å². The normalized spacial score (nSPS) is 16.5. The third-order valence-corrected chi connectivity index (χ3v) is 9.25. The fourth-order valence-corrected chi connectivity index (χ4v) is 6.60.